The van der Waals surface area contributed by atoms with E-state index in [4.69, 9.17) is 5.84 Å². The summed E-state index contributed by atoms with van der Waals surface area (Å²) < 4.78 is 1.42. The highest BCUT2D eigenvalue weighted by molar-refractivity contribution is 5.92. The van der Waals surface area contributed by atoms with Crippen molar-refractivity contribution >= 4 is 11.8 Å². The third kappa shape index (κ3) is 2.37. The average molecular weight is 225 g/mol. The molecule has 1 aromatic rings. The first-order valence-electron chi connectivity index (χ1n) is 4.91. The van der Waals surface area contributed by atoms with Crippen molar-refractivity contribution in [2.24, 2.45) is 5.84 Å². The minimum Gasteiger partial charge on any atom is -0.354 e. The fraction of sp³-hybridized carbons (Fsp3) is 0.444. The SMILES string of the molecule is CCC(C(=O)NN)n1ccc(C(=O)NC)n1. The maximum absolute atomic E-state index is 11.4. The van der Waals surface area contributed by atoms with Gasteiger partial charge in [0.25, 0.3) is 11.8 Å². The summed E-state index contributed by atoms with van der Waals surface area (Å²) in [6, 6.07) is 1.05. The molecule has 0 saturated heterocycles. The van der Waals surface area contributed by atoms with Crippen LogP contribution in [-0.2, 0) is 4.79 Å². The third-order valence-electron chi connectivity index (χ3n) is 2.22. The summed E-state index contributed by atoms with van der Waals surface area (Å²) in [4.78, 5) is 22.7. The van der Waals surface area contributed by atoms with E-state index in [9.17, 15) is 9.59 Å². The van der Waals surface area contributed by atoms with E-state index < -0.39 is 6.04 Å². The molecule has 0 saturated carbocycles. The molecule has 1 rings (SSSR count). The molecule has 0 aliphatic rings. The first-order chi connectivity index (χ1) is 7.63. The lowest BCUT2D eigenvalue weighted by molar-refractivity contribution is -0.124. The molecular formula is C9H15N5O2. The van der Waals surface area contributed by atoms with Crippen LogP contribution in [0.3, 0.4) is 0 Å². The maximum Gasteiger partial charge on any atom is 0.271 e. The van der Waals surface area contributed by atoms with Crippen molar-refractivity contribution in [2.75, 3.05) is 7.05 Å². The van der Waals surface area contributed by atoms with E-state index >= 15 is 0 Å². The molecule has 2 amide bonds. The number of carbonyl (C=O) groups is 2. The molecule has 1 heterocycles. The predicted octanol–water partition coefficient (Wildman–Crippen LogP) is -0.816. The van der Waals surface area contributed by atoms with Crippen molar-refractivity contribution in [1.82, 2.24) is 20.5 Å². The monoisotopic (exact) mass is 225 g/mol. The van der Waals surface area contributed by atoms with Gasteiger partial charge in [0, 0.05) is 13.2 Å². The minimum atomic E-state index is -0.497. The Hall–Kier alpha value is -1.89. The van der Waals surface area contributed by atoms with Crippen LogP contribution in [-0.4, -0.2) is 28.6 Å². The zero-order valence-corrected chi connectivity index (χ0v) is 9.23. The van der Waals surface area contributed by atoms with Gasteiger partial charge in [0.1, 0.15) is 11.7 Å². The van der Waals surface area contributed by atoms with E-state index in [1.54, 1.807) is 12.3 Å². The molecule has 0 fully saturated rings. The lowest BCUT2D eigenvalue weighted by atomic mass is 10.2. The molecular weight excluding hydrogens is 210 g/mol. The molecule has 16 heavy (non-hydrogen) atoms. The van der Waals surface area contributed by atoms with Crippen molar-refractivity contribution in [3.05, 3.63) is 18.0 Å². The van der Waals surface area contributed by atoms with Crippen LogP contribution in [0.15, 0.2) is 12.3 Å². The number of amides is 2. The highest BCUT2D eigenvalue weighted by Crippen LogP contribution is 2.10. The number of rotatable bonds is 4. The largest absolute Gasteiger partial charge is 0.354 e. The van der Waals surface area contributed by atoms with Gasteiger partial charge in [0.15, 0.2) is 0 Å². The first-order valence-corrected chi connectivity index (χ1v) is 4.91. The fourth-order valence-electron chi connectivity index (χ4n) is 1.35. The normalized spacial score (nSPS) is 11.9. The lowest BCUT2D eigenvalue weighted by Gasteiger charge is -2.12. The molecule has 0 aromatic carbocycles. The molecule has 1 aromatic heterocycles. The molecule has 1 atom stereocenters. The maximum atomic E-state index is 11.4. The van der Waals surface area contributed by atoms with Gasteiger partial charge >= 0.3 is 0 Å². The van der Waals surface area contributed by atoms with Gasteiger partial charge in [-0.05, 0) is 12.5 Å². The van der Waals surface area contributed by atoms with Crippen LogP contribution in [0.5, 0.6) is 0 Å². The van der Waals surface area contributed by atoms with Crippen LogP contribution >= 0.6 is 0 Å². The lowest BCUT2D eigenvalue weighted by Crippen LogP contribution is -2.37. The summed E-state index contributed by atoms with van der Waals surface area (Å²) in [6.45, 7) is 1.83. The molecule has 88 valence electrons. The second kappa shape index (κ2) is 5.26. The number of hydrogen-bond donors (Lipinski definition) is 3. The van der Waals surface area contributed by atoms with Crippen molar-refractivity contribution in [1.29, 1.82) is 0 Å². The van der Waals surface area contributed by atoms with Gasteiger partial charge in [-0.25, -0.2) is 5.84 Å². The van der Waals surface area contributed by atoms with E-state index in [2.05, 4.69) is 15.8 Å². The molecule has 1 unspecified atom stereocenters. The number of hydrazine groups is 1. The Morgan fingerprint density at radius 2 is 2.31 bits per heavy atom. The highest BCUT2D eigenvalue weighted by atomic mass is 16.2. The molecule has 7 heteroatoms. The molecule has 4 N–H and O–H groups in total. The molecule has 0 aliphatic heterocycles. The summed E-state index contributed by atoms with van der Waals surface area (Å²) in [6.07, 6.45) is 2.12. The molecule has 0 aliphatic carbocycles. The second-order valence-electron chi connectivity index (χ2n) is 3.19. The second-order valence-corrected chi connectivity index (χ2v) is 3.19. The molecule has 0 spiro atoms. The van der Waals surface area contributed by atoms with Crippen molar-refractivity contribution < 1.29 is 9.59 Å². The Morgan fingerprint density at radius 1 is 1.62 bits per heavy atom. The average Bonchev–Trinajstić information content (AvgIpc) is 2.78. The van der Waals surface area contributed by atoms with Crippen LogP contribution in [0.25, 0.3) is 0 Å². The van der Waals surface area contributed by atoms with Crippen molar-refractivity contribution in [3.63, 3.8) is 0 Å². The topological polar surface area (TPSA) is 102 Å². The van der Waals surface area contributed by atoms with Gasteiger partial charge in [-0.3, -0.25) is 19.7 Å². The summed E-state index contributed by atoms with van der Waals surface area (Å²) in [5.74, 6) is 4.43. The van der Waals surface area contributed by atoms with Gasteiger partial charge < -0.3 is 5.32 Å². The number of nitrogens with two attached hydrogens (primary N) is 1. The van der Waals surface area contributed by atoms with Crippen LogP contribution < -0.4 is 16.6 Å². The van der Waals surface area contributed by atoms with Crippen molar-refractivity contribution in [3.8, 4) is 0 Å². The highest BCUT2D eigenvalue weighted by Gasteiger charge is 2.19. The molecule has 0 radical (unpaired) electrons. The Kier molecular flexibility index (Phi) is 4.01. The Morgan fingerprint density at radius 3 is 2.81 bits per heavy atom. The number of nitrogens with one attached hydrogen (secondary N) is 2. The van der Waals surface area contributed by atoms with E-state index in [1.165, 1.54) is 11.7 Å². The van der Waals surface area contributed by atoms with Gasteiger partial charge in [-0.2, -0.15) is 5.10 Å². The summed E-state index contributed by atoms with van der Waals surface area (Å²) in [5, 5.41) is 6.46. The van der Waals surface area contributed by atoms with Crippen LogP contribution in [0.4, 0.5) is 0 Å². The van der Waals surface area contributed by atoms with E-state index in [0.29, 0.717) is 6.42 Å². The predicted molar refractivity (Wildman–Crippen MR) is 57.3 cm³/mol. The Balaban J connectivity index is 2.91. The van der Waals surface area contributed by atoms with Gasteiger partial charge in [0.05, 0.1) is 0 Å². The number of aromatic nitrogens is 2. The molecule has 7 nitrogen and oxygen atoms in total. The Labute approximate surface area is 93.0 Å². The zero-order valence-electron chi connectivity index (χ0n) is 9.23. The van der Waals surface area contributed by atoms with E-state index in [-0.39, 0.29) is 17.5 Å². The van der Waals surface area contributed by atoms with E-state index in [1.807, 2.05) is 6.92 Å². The fourth-order valence-corrected chi connectivity index (χ4v) is 1.35. The van der Waals surface area contributed by atoms with Crippen LogP contribution in [0.1, 0.15) is 29.9 Å². The van der Waals surface area contributed by atoms with Gasteiger partial charge in [-0.1, -0.05) is 6.92 Å². The minimum absolute atomic E-state index is 0.269. The van der Waals surface area contributed by atoms with Crippen LogP contribution in [0.2, 0.25) is 0 Å². The number of hydrogen-bond acceptors (Lipinski definition) is 4. The summed E-state index contributed by atoms with van der Waals surface area (Å²) in [7, 11) is 1.52. The van der Waals surface area contributed by atoms with Crippen molar-refractivity contribution in [2.45, 2.75) is 19.4 Å². The zero-order chi connectivity index (χ0) is 12.1. The summed E-state index contributed by atoms with van der Waals surface area (Å²) >= 11 is 0. The summed E-state index contributed by atoms with van der Waals surface area (Å²) in [5.41, 5.74) is 2.34. The van der Waals surface area contributed by atoms with Crippen LogP contribution in [0, 0.1) is 0 Å². The smallest absolute Gasteiger partial charge is 0.271 e. The van der Waals surface area contributed by atoms with E-state index in [0.717, 1.165) is 0 Å². The number of nitrogens with zero attached hydrogens (tertiary/aromatic N) is 2. The number of carbonyl (C=O) groups excluding carboxylic acids is 2. The van der Waals surface area contributed by atoms with Gasteiger partial charge in [-0.15, -0.1) is 0 Å². The van der Waals surface area contributed by atoms with Gasteiger partial charge in [0.2, 0.25) is 0 Å². The standard InChI is InChI=1S/C9H15N5O2/c1-3-7(9(16)12-10)14-5-4-6(13-14)8(15)11-2/h4-5,7H,3,10H2,1-2H3,(H,11,15)(H,12,16). The third-order valence-corrected chi connectivity index (χ3v) is 2.22. The first kappa shape index (κ1) is 12.2. The molecule has 0 bridgehead atoms. The quantitative estimate of drug-likeness (QED) is 0.354. The Bertz CT molecular complexity index is 387.